The van der Waals surface area contributed by atoms with Gasteiger partial charge in [-0.2, -0.15) is 0 Å². The van der Waals surface area contributed by atoms with E-state index in [2.05, 4.69) is 5.32 Å². The first kappa shape index (κ1) is 29.2. The van der Waals surface area contributed by atoms with Crippen molar-refractivity contribution in [2.75, 3.05) is 17.4 Å². The van der Waals surface area contributed by atoms with Crippen molar-refractivity contribution >= 4 is 39.1 Å². The number of halogens is 1. The number of nitrogens with zero attached hydrogens (tertiary/aromatic N) is 2. The van der Waals surface area contributed by atoms with Crippen molar-refractivity contribution in [3.8, 4) is 0 Å². The zero-order valence-corrected chi connectivity index (χ0v) is 23.5. The highest BCUT2D eigenvalue weighted by molar-refractivity contribution is 7.92. The standard InChI is InChI=1S/C29H34ClN3O4S/c1-4-22(2)31-29(35)23(3)32(20-19-24-11-7-5-8-12-24)28(34)21-33(26-17-15-25(30)16-18-26)38(36,37)27-13-9-6-10-14-27/h5-18,22-23H,4,19-21H2,1-3H3,(H,31,35). The van der Waals surface area contributed by atoms with Crippen LogP contribution in [0.5, 0.6) is 0 Å². The Kier molecular flexibility index (Phi) is 10.3. The number of carbonyl (C=O) groups is 2. The Balaban J connectivity index is 1.95. The molecule has 202 valence electrons. The van der Waals surface area contributed by atoms with Gasteiger partial charge in [0.25, 0.3) is 10.0 Å². The van der Waals surface area contributed by atoms with Crippen LogP contribution in [0.15, 0.2) is 89.8 Å². The molecule has 0 aliphatic carbocycles. The van der Waals surface area contributed by atoms with Crippen LogP contribution in [0, 0.1) is 0 Å². The quantitative estimate of drug-likeness (QED) is 0.344. The molecule has 0 saturated carbocycles. The van der Waals surface area contributed by atoms with Gasteiger partial charge in [-0.25, -0.2) is 8.42 Å². The smallest absolute Gasteiger partial charge is 0.264 e. The van der Waals surface area contributed by atoms with Crippen LogP contribution in [0.25, 0.3) is 0 Å². The molecule has 0 fully saturated rings. The number of rotatable bonds is 12. The van der Waals surface area contributed by atoms with E-state index in [4.69, 9.17) is 11.6 Å². The molecular formula is C29H34ClN3O4S. The van der Waals surface area contributed by atoms with Gasteiger partial charge in [-0.15, -0.1) is 0 Å². The van der Waals surface area contributed by atoms with E-state index in [1.807, 2.05) is 44.2 Å². The molecule has 3 aromatic rings. The number of carbonyl (C=O) groups excluding carboxylic acids is 2. The zero-order chi connectivity index (χ0) is 27.7. The summed E-state index contributed by atoms with van der Waals surface area (Å²) >= 11 is 6.05. The molecule has 2 amide bonds. The average Bonchev–Trinajstić information content (AvgIpc) is 2.93. The molecule has 0 aliphatic heterocycles. The maximum Gasteiger partial charge on any atom is 0.264 e. The normalized spacial score (nSPS) is 12.8. The Morgan fingerprint density at radius 2 is 1.47 bits per heavy atom. The van der Waals surface area contributed by atoms with Crippen molar-refractivity contribution in [1.29, 1.82) is 0 Å². The second-order valence-corrected chi connectivity index (χ2v) is 11.4. The summed E-state index contributed by atoms with van der Waals surface area (Å²) in [5.41, 5.74) is 1.30. The van der Waals surface area contributed by atoms with Crippen LogP contribution < -0.4 is 9.62 Å². The predicted molar refractivity (Wildman–Crippen MR) is 152 cm³/mol. The number of amides is 2. The third-order valence-electron chi connectivity index (χ3n) is 6.38. The Labute approximate surface area is 230 Å². The van der Waals surface area contributed by atoms with Crippen LogP contribution in [0.1, 0.15) is 32.8 Å². The van der Waals surface area contributed by atoms with Gasteiger partial charge < -0.3 is 10.2 Å². The summed E-state index contributed by atoms with van der Waals surface area (Å²) < 4.78 is 28.4. The van der Waals surface area contributed by atoms with E-state index in [9.17, 15) is 18.0 Å². The zero-order valence-electron chi connectivity index (χ0n) is 21.9. The number of hydrogen-bond acceptors (Lipinski definition) is 4. The van der Waals surface area contributed by atoms with Gasteiger partial charge in [0.2, 0.25) is 11.8 Å². The molecule has 3 aromatic carbocycles. The molecule has 0 heterocycles. The van der Waals surface area contributed by atoms with E-state index < -0.39 is 28.5 Å². The SMILES string of the molecule is CCC(C)NC(=O)C(C)N(CCc1ccccc1)C(=O)CN(c1ccc(Cl)cc1)S(=O)(=O)c1ccccc1. The van der Waals surface area contributed by atoms with Gasteiger partial charge in [-0.05, 0) is 68.7 Å². The minimum absolute atomic E-state index is 0.0555. The highest BCUT2D eigenvalue weighted by Gasteiger charge is 2.32. The highest BCUT2D eigenvalue weighted by Crippen LogP contribution is 2.25. The summed E-state index contributed by atoms with van der Waals surface area (Å²) in [6.07, 6.45) is 1.26. The summed E-state index contributed by atoms with van der Waals surface area (Å²) in [5.74, 6) is -0.771. The largest absolute Gasteiger partial charge is 0.352 e. The van der Waals surface area contributed by atoms with Crippen LogP contribution in [-0.2, 0) is 26.0 Å². The van der Waals surface area contributed by atoms with Crippen LogP contribution in [0.4, 0.5) is 5.69 Å². The maximum absolute atomic E-state index is 13.8. The lowest BCUT2D eigenvalue weighted by Crippen LogP contribution is -2.53. The Hall–Kier alpha value is -3.36. The number of hydrogen-bond donors (Lipinski definition) is 1. The van der Waals surface area contributed by atoms with Crippen molar-refractivity contribution in [3.05, 3.63) is 95.5 Å². The first-order chi connectivity index (χ1) is 18.1. The van der Waals surface area contributed by atoms with Crippen molar-refractivity contribution in [2.24, 2.45) is 0 Å². The molecule has 3 rings (SSSR count). The second-order valence-electron chi connectivity index (χ2n) is 9.12. The first-order valence-corrected chi connectivity index (χ1v) is 14.4. The van der Waals surface area contributed by atoms with Gasteiger partial charge in [0.15, 0.2) is 0 Å². The van der Waals surface area contributed by atoms with Gasteiger partial charge in [-0.1, -0.05) is 67.1 Å². The number of sulfonamides is 1. The van der Waals surface area contributed by atoms with Crippen LogP contribution in [-0.4, -0.2) is 50.3 Å². The molecule has 0 aliphatic rings. The fourth-order valence-corrected chi connectivity index (χ4v) is 5.45. The maximum atomic E-state index is 13.8. The molecule has 0 spiro atoms. The molecule has 0 radical (unpaired) electrons. The van der Waals surface area contributed by atoms with E-state index in [0.29, 0.717) is 17.1 Å². The summed E-state index contributed by atoms with van der Waals surface area (Å²) in [5, 5.41) is 3.37. The molecular weight excluding hydrogens is 522 g/mol. The van der Waals surface area contributed by atoms with E-state index in [0.717, 1.165) is 16.3 Å². The molecule has 38 heavy (non-hydrogen) atoms. The molecule has 1 N–H and O–H groups in total. The van der Waals surface area contributed by atoms with E-state index in [-0.39, 0.29) is 23.4 Å². The molecule has 2 unspecified atom stereocenters. The third-order valence-corrected chi connectivity index (χ3v) is 8.42. The average molecular weight is 556 g/mol. The van der Waals surface area contributed by atoms with Gasteiger partial charge in [0.1, 0.15) is 12.6 Å². The first-order valence-electron chi connectivity index (χ1n) is 12.6. The minimum atomic E-state index is -4.09. The lowest BCUT2D eigenvalue weighted by atomic mass is 10.1. The summed E-state index contributed by atoms with van der Waals surface area (Å²) in [7, 11) is -4.09. The van der Waals surface area contributed by atoms with Gasteiger partial charge in [-0.3, -0.25) is 13.9 Å². The molecule has 2 atom stereocenters. The lowest BCUT2D eigenvalue weighted by Gasteiger charge is -2.32. The van der Waals surface area contributed by atoms with Crippen molar-refractivity contribution in [2.45, 2.75) is 50.6 Å². The van der Waals surface area contributed by atoms with E-state index >= 15 is 0 Å². The Morgan fingerprint density at radius 1 is 0.895 bits per heavy atom. The molecule has 9 heteroatoms. The number of nitrogens with one attached hydrogen (secondary N) is 1. The fourth-order valence-electron chi connectivity index (χ4n) is 3.89. The van der Waals surface area contributed by atoms with E-state index in [1.54, 1.807) is 49.4 Å². The summed E-state index contributed by atoms with van der Waals surface area (Å²) in [6.45, 7) is 5.30. The van der Waals surface area contributed by atoms with Crippen molar-refractivity contribution in [1.82, 2.24) is 10.2 Å². The topological polar surface area (TPSA) is 86.8 Å². The van der Waals surface area contributed by atoms with Crippen LogP contribution >= 0.6 is 11.6 Å². The molecule has 0 bridgehead atoms. The Bertz CT molecular complexity index is 1300. The minimum Gasteiger partial charge on any atom is -0.352 e. The third kappa shape index (κ3) is 7.58. The number of anilines is 1. The van der Waals surface area contributed by atoms with Crippen LogP contribution in [0.3, 0.4) is 0 Å². The molecule has 0 aromatic heterocycles. The van der Waals surface area contributed by atoms with Gasteiger partial charge in [0.05, 0.1) is 10.6 Å². The predicted octanol–water partition coefficient (Wildman–Crippen LogP) is 4.91. The highest BCUT2D eigenvalue weighted by atomic mass is 35.5. The lowest BCUT2D eigenvalue weighted by molar-refractivity contribution is -0.139. The molecule has 7 nitrogen and oxygen atoms in total. The fraction of sp³-hybridized carbons (Fsp3) is 0.310. The van der Waals surface area contributed by atoms with Gasteiger partial charge in [0, 0.05) is 17.6 Å². The molecule has 0 saturated heterocycles. The summed E-state index contributed by atoms with van der Waals surface area (Å²) in [4.78, 5) is 28.3. The summed E-state index contributed by atoms with van der Waals surface area (Å²) in [6, 6.07) is 23.0. The Morgan fingerprint density at radius 3 is 2.05 bits per heavy atom. The van der Waals surface area contributed by atoms with Crippen molar-refractivity contribution in [3.63, 3.8) is 0 Å². The number of benzene rings is 3. The van der Waals surface area contributed by atoms with E-state index in [1.165, 1.54) is 17.0 Å². The van der Waals surface area contributed by atoms with Gasteiger partial charge >= 0.3 is 0 Å². The second kappa shape index (κ2) is 13.4. The van der Waals surface area contributed by atoms with Crippen molar-refractivity contribution < 1.29 is 18.0 Å². The monoisotopic (exact) mass is 555 g/mol. The van der Waals surface area contributed by atoms with Crippen LogP contribution in [0.2, 0.25) is 5.02 Å².